The molecule has 5 nitrogen and oxygen atoms in total. The van der Waals surface area contributed by atoms with Crippen LogP contribution in [0.25, 0.3) is 11.0 Å². The summed E-state index contributed by atoms with van der Waals surface area (Å²) in [6.45, 7) is 6.44. The normalized spacial score (nSPS) is 11.1. The summed E-state index contributed by atoms with van der Waals surface area (Å²) in [5.74, 6) is 0.903. The lowest BCUT2D eigenvalue weighted by Gasteiger charge is -2.17. The van der Waals surface area contributed by atoms with Crippen molar-refractivity contribution < 1.29 is 4.79 Å². The van der Waals surface area contributed by atoms with Crippen LogP contribution in [0.1, 0.15) is 28.8 Å². The maximum atomic E-state index is 12.8. The molecule has 1 amide bonds. The lowest BCUT2D eigenvalue weighted by Crippen LogP contribution is -2.30. The zero-order valence-corrected chi connectivity index (χ0v) is 13.9. The Labute approximate surface area is 133 Å². The highest BCUT2D eigenvalue weighted by molar-refractivity contribution is 7.14. The Kier molecular flexibility index (Phi) is 3.70. The maximum Gasteiger partial charge on any atom is 0.260 e. The molecular formula is C16H18N4OS. The lowest BCUT2D eigenvalue weighted by atomic mass is 10.1. The van der Waals surface area contributed by atoms with Gasteiger partial charge in [-0.05, 0) is 39.0 Å². The fraction of sp³-hybridized carbons (Fsp3) is 0.312. The fourth-order valence-electron chi connectivity index (χ4n) is 2.43. The molecule has 3 aromatic rings. The standard InChI is InChI=1S/C16H18N4OS/c1-5-20(16-17-10(2)9-22-16)15(21)12-6-7-13-14(8-12)19(4)11(3)18-13/h6-9H,5H2,1-4H3. The molecule has 0 spiro atoms. The quantitative estimate of drug-likeness (QED) is 0.745. The molecule has 0 saturated heterocycles. The lowest BCUT2D eigenvalue weighted by molar-refractivity contribution is 0.0988. The van der Waals surface area contributed by atoms with E-state index in [0.29, 0.717) is 12.1 Å². The van der Waals surface area contributed by atoms with Crippen LogP contribution in [-0.2, 0) is 7.05 Å². The molecule has 0 radical (unpaired) electrons. The molecule has 0 fully saturated rings. The number of nitrogens with zero attached hydrogens (tertiary/aromatic N) is 4. The number of carbonyl (C=O) groups is 1. The summed E-state index contributed by atoms with van der Waals surface area (Å²) in [5.41, 5.74) is 3.47. The van der Waals surface area contributed by atoms with Crippen LogP contribution in [0.5, 0.6) is 0 Å². The van der Waals surface area contributed by atoms with Gasteiger partial charge in [-0.3, -0.25) is 9.69 Å². The highest BCUT2D eigenvalue weighted by Crippen LogP contribution is 2.23. The number of amides is 1. The second-order valence-electron chi connectivity index (χ2n) is 5.24. The molecular weight excluding hydrogens is 296 g/mol. The van der Waals surface area contributed by atoms with Crippen molar-refractivity contribution in [2.45, 2.75) is 20.8 Å². The first-order chi connectivity index (χ1) is 10.5. The van der Waals surface area contributed by atoms with E-state index in [2.05, 4.69) is 9.97 Å². The average molecular weight is 314 g/mol. The van der Waals surface area contributed by atoms with Gasteiger partial charge in [-0.25, -0.2) is 9.97 Å². The summed E-state index contributed by atoms with van der Waals surface area (Å²) < 4.78 is 2.00. The Morgan fingerprint density at radius 2 is 2.09 bits per heavy atom. The first-order valence-corrected chi connectivity index (χ1v) is 8.06. The Hall–Kier alpha value is -2.21. The number of aromatic nitrogens is 3. The summed E-state index contributed by atoms with van der Waals surface area (Å²) >= 11 is 1.49. The van der Waals surface area contributed by atoms with E-state index in [1.54, 1.807) is 4.90 Å². The number of benzene rings is 1. The number of rotatable bonds is 3. The van der Waals surface area contributed by atoms with Crippen molar-refractivity contribution in [1.29, 1.82) is 0 Å². The molecule has 0 aliphatic rings. The third-order valence-electron chi connectivity index (χ3n) is 3.75. The number of aryl methyl sites for hydroxylation is 3. The van der Waals surface area contributed by atoms with E-state index in [9.17, 15) is 4.79 Å². The van der Waals surface area contributed by atoms with Gasteiger partial charge in [-0.15, -0.1) is 11.3 Å². The molecule has 0 atom stereocenters. The average Bonchev–Trinajstić information content (AvgIpc) is 3.04. The summed E-state index contributed by atoms with van der Waals surface area (Å²) in [6.07, 6.45) is 0. The van der Waals surface area contributed by atoms with Crippen molar-refractivity contribution in [3.63, 3.8) is 0 Å². The van der Waals surface area contributed by atoms with Gasteiger partial charge in [0.05, 0.1) is 16.7 Å². The van der Waals surface area contributed by atoms with E-state index in [-0.39, 0.29) is 5.91 Å². The number of imidazole rings is 1. The minimum absolute atomic E-state index is 0.0300. The number of carbonyl (C=O) groups excluding carboxylic acids is 1. The van der Waals surface area contributed by atoms with Gasteiger partial charge in [-0.2, -0.15) is 0 Å². The summed E-state index contributed by atoms with van der Waals surface area (Å²) in [6, 6.07) is 5.64. The fourth-order valence-corrected chi connectivity index (χ4v) is 3.30. The number of hydrogen-bond donors (Lipinski definition) is 0. The predicted octanol–water partition coefficient (Wildman–Crippen LogP) is 3.31. The molecule has 0 saturated carbocycles. The highest BCUT2D eigenvalue weighted by Gasteiger charge is 2.19. The van der Waals surface area contributed by atoms with Gasteiger partial charge in [-0.1, -0.05) is 0 Å². The first kappa shape index (κ1) is 14.7. The SMILES string of the molecule is CCN(C(=O)c1ccc2nc(C)n(C)c2c1)c1nc(C)cs1. The number of anilines is 1. The van der Waals surface area contributed by atoms with Gasteiger partial charge in [0.15, 0.2) is 5.13 Å². The molecule has 1 aromatic carbocycles. The third-order valence-corrected chi connectivity index (χ3v) is 4.73. The minimum atomic E-state index is -0.0300. The van der Waals surface area contributed by atoms with Crippen LogP contribution in [0.2, 0.25) is 0 Å². The highest BCUT2D eigenvalue weighted by atomic mass is 32.1. The molecule has 0 bridgehead atoms. The van der Waals surface area contributed by atoms with Crippen molar-refractivity contribution in [1.82, 2.24) is 14.5 Å². The van der Waals surface area contributed by atoms with Gasteiger partial charge in [0, 0.05) is 24.5 Å². The second-order valence-corrected chi connectivity index (χ2v) is 6.08. The molecule has 0 N–H and O–H groups in total. The largest absolute Gasteiger partial charge is 0.331 e. The first-order valence-electron chi connectivity index (χ1n) is 7.18. The Balaban J connectivity index is 2.01. The zero-order valence-electron chi connectivity index (χ0n) is 13.1. The van der Waals surface area contributed by atoms with Crippen molar-refractivity contribution in [2.75, 3.05) is 11.4 Å². The molecule has 22 heavy (non-hydrogen) atoms. The van der Waals surface area contributed by atoms with Gasteiger partial charge >= 0.3 is 0 Å². The van der Waals surface area contributed by atoms with Crippen LogP contribution < -0.4 is 4.90 Å². The van der Waals surface area contributed by atoms with Gasteiger partial charge in [0.2, 0.25) is 0 Å². The van der Waals surface area contributed by atoms with Gasteiger partial charge in [0.25, 0.3) is 5.91 Å². The van der Waals surface area contributed by atoms with Crippen molar-refractivity contribution >= 4 is 33.4 Å². The topological polar surface area (TPSA) is 51.0 Å². The summed E-state index contributed by atoms with van der Waals surface area (Å²) in [4.78, 5) is 23.4. The molecule has 0 aliphatic carbocycles. The Morgan fingerprint density at radius 1 is 1.32 bits per heavy atom. The third kappa shape index (κ3) is 2.39. The second kappa shape index (κ2) is 5.53. The van der Waals surface area contributed by atoms with Crippen LogP contribution in [0.15, 0.2) is 23.6 Å². The molecule has 0 aliphatic heterocycles. The van der Waals surface area contributed by atoms with Crippen LogP contribution in [0.3, 0.4) is 0 Å². The molecule has 6 heteroatoms. The molecule has 3 rings (SSSR count). The van der Waals surface area contributed by atoms with Crippen LogP contribution in [0, 0.1) is 13.8 Å². The molecule has 2 aromatic heterocycles. The van der Waals surface area contributed by atoms with Crippen molar-refractivity contribution in [3.8, 4) is 0 Å². The van der Waals surface area contributed by atoms with Crippen molar-refractivity contribution in [3.05, 3.63) is 40.7 Å². The number of hydrogen-bond acceptors (Lipinski definition) is 4. The number of thiazole rings is 1. The van der Waals surface area contributed by atoms with E-state index in [1.807, 2.05) is 56.0 Å². The van der Waals surface area contributed by atoms with Crippen LogP contribution in [-0.4, -0.2) is 27.0 Å². The monoisotopic (exact) mass is 314 g/mol. The predicted molar refractivity (Wildman–Crippen MR) is 89.7 cm³/mol. The zero-order chi connectivity index (χ0) is 15.9. The van der Waals surface area contributed by atoms with E-state index >= 15 is 0 Å². The van der Waals surface area contributed by atoms with Crippen LogP contribution in [0.4, 0.5) is 5.13 Å². The van der Waals surface area contributed by atoms with Gasteiger partial charge < -0.3 is 4.57 Å². The molecule has 114 valence electrons. The molecule has 0 unspecified atom stereocenters. The van der Waals surface area contributed by atoms with Crippen LogP contribution >= 0.6 is 11.3 Å². The summed E-state index contributed by atoms with van der Waals surface area (Å²) in [7, 11) is 1.96. The van der Waals surface area contributed by atoms with E-state index in [4.69, 9.17) is 0 Å². The smallest absolute Gasteiger partial charge is 0.260 e. The molecule has 2 heterocycles. The van der Waals surface area contributed by atoms with E-state index in [0.717, 1.165) is 27.7 Å². The maximum absolute atomic E-state index is 12.8. The van der Waals surface area contributed by atoms with E-state index in [1.165, 1.54) is 11.3 Å². The van der Waals surface area contributed by atoms with Gasteiger partial charge in [0.1, 0.15) is 5.82 Å². The van der Waals surface area contributed by atoms with Crippen molar-refractivity contribution in [2.24, 2.45) is 7.05 Å². The Morgan fingerprint density at radius 3 is 2.73 bits per heavy atom. The van der Waals surface area contributed by atoms with E-state index < -0.39 is 0 Å². The minimum Gasteiger partial charge on any atom is -0.331 e. The summed E-state index contributed by atoms with van der Waals surface area (Å²) in [5, 5.41) is 2.70. The Bertz CT molecular complexity index is 849. The number of fused-ring (bicyclic) bond motifs is 1.